The number of methoxy groups -OCH3 is 1. The van der Waals surface area contributed by atoms with Crippen LogP contribution in [0.25, 0.3) is 0 Å². The average Bonchev–Trinajstić information content (AvgIpc) is 2.78. The van der Waals surface area contributed by atoms with E-state index in [4.69, 9.17) is 9.47 Å². The molecule has 100 valence electrons. The zero-order valence-electron chi connectivity index (χ0n) is 11.3. The molecular weight excluding hydrogens is 214 g/mol. The summed E-state index contributed by atoms with van der Waals surface area (Å²) in [6, 6.07) is 0.586. The maximum absolute atomic E-state index is 6.31. The maximum atomic E-state index is 6.31. The van der Waals surface area contributed by atoms with Crippen molar-refractivity contribution in [2.75, 3.05) is 13.7 Å². The summed E-state index contributed by atoms with van der Waals surface area (Å²) in [6.07, 6.45) is 9.87. The summed E-state index contributed by atoms with van der Waals surface area (Å²) in [5.74, 6) is 0. The molecule has 2 aliphatic carbocycles. The van der Waals surface area contributed by atoms with Crippen molar-refractivity contribution < 1.29 is 9.47 Å². The third-order valence-electron chi connectivity index (χ3n) is 4.20. The molecule has 2 fully saturated rings. The Morgan fingerprint density at radius 3 is 2.59 bits per heavy atom. The second-order valence-electron chi connectivity index (χ2n) is 5.42. The van der Waals surface area contributed by atoms with Gasteiger partial charge < -0.3 is 14.8 Å². The normalized spacial score (nSPS) is 38.5. The largest absolute Gasteiger partial charge is 0.381 e. The van der Waals surface area contributed by atoms with Gasteiger partial charge in [0.2, 0.25) is 0 Å². The first-order valence-electron chi connectivity index (χ1n) is 7.25. The highest BCUT2D eigenvalue weighted by molar-refractivity contribution is 4.86. The number of likely N-dealkylation sites (N-methyl/N-ethyl adjacent to an activating group) is 1. The van der Waals surface area contributed by atoms with Crippen LogP contribution in [0, 0.1) is 0 Å². The van der Waals surface area contributed by atoms with Crippen LogP contribution in [0.1, 0.15) is 51.9 Å². The molecular formula is C14H27NO2. The quantitative estimate of drug-likeness (QED) is 0.802. The van der Waals surface area contributed by atoms with E-state index in [1.165, 1.54) is 38.5 Å². The van der Waals surface area contributed by atoms with Crippen molar-refractivity contribution >= 4 is 0 Å². The Balaban J connectivity index is 1.79. The van der Waals surface area contributed by atoms with E-state index in [0.29, 0.717) is 24.4 Å². The van der Waals surface area contributed by atoms with E-state index in [-0.39, 0.29) is 0 Å². The van der Waals surface area contributed by atoms with E-state index in [0.717, 1.165) is 13.0 Å². The second-order valence-corrected chi connectivity index (χ2v) is 5.42. The summed E-state index contributed by atoms with van der Waals surface area (Å²) >= 11 is 0. The zero-order valence-corrected chi connectivity index (χ0v) is 11.3. The van der Waals surface area contributed by atoms with Crippen molar-refractivity contribution in [2.45, 2.75) is 76.2 Å². The third-order valence-corrected chi connectivity index (χ3v) is 4.20. The molecule has 0 aromatic rings. The van der Waals surface area contributed by atoms with Crippen molar-refractivity contribution in [3.05, 3.63) is 0 Å². The van der Waals surface area contributed by atoms with E-state index in [2.05, 4.69) is 12.2 Å². The average molecular weight is 241 g/mol. The summed E-state index contributed by atoms with van der Waals surface area (Å²) in [5, 5.41) is 3.55. The van der Waals surface area contributed by atoms with Gasteiger partial charge in [-0.15, -0.1) is 0 Å². The lowest BCUT2D eigenvalue weighted by molar-refractivity contribution is -0.0696. The predicted molar refractivity (Wildman–Crippen MR) is 69.2 cm³/mol. The van der Waals surface area contributed by atoms with E-state index >= 15 is 0 Å². The molecule has 3 heteroatoms. The molecule has 2 rings (SSSR count). The van der Waals surface area contributed by atoms with Gasteiger partial charge in [0.25, 0.3) is 0 Å². The molecule has 2 aliphatic rings. The summed E-state index contributed by atoms with van der Waals surface area (Å²) in [5.41, 5.74) is 0. The van der Waals surface area contributed by atoms with Crippen molar-refractivity contribution in [1.29, 1.82) is 0 Å². The fourth-order valence-corrected chi connectivity index (χ4v) is 3.27. The van der Waals surface area contributed by atoms with Gasteiger partial charge in [0.15, 0.2) is 0 Å². The molecule has 4 unspecified atom stereocenters. The van der Waals surface area contributed by atoms with Crippen LogP contribution < -0.4 is 5.32 Å². The summed E-state index contributed by atoms with van der Waals surface area (Å²) in [7, 11) is 1.82. The van der Waals surface area contributed by atoms with Gasteiger partial charge >= 0.3 is 0 Å². The fraction of sp³-hybridized carbons (Fsp3) is 1.00. The minimum absolute atomic E-state index is 0.424. The fourth-order valence-electron chi connectivity index (χ4n) is 3.27. The highest BCUT2D eigenvalue weighted by Gasteiger charge is 2.31. The highest BCUT2D eigenvalue weighted by Crippen LogP contribution is 2.29. The summed E-state index contributed by atoms with van der Waals surface area (Å²) in [4.78, 5) is 0. The molecule has 0 aromatic heterocycles. The Hall–Kier alpha value is -0.120. The molecule has 0 bridgehead atoms. The van der Waals surface area contributed by atoms with Crippen LogP contribution in [0.4, 0.5) is 0 Å². The predicted octanol–water partition coefficient (Wildman–Crippen LogP) is 2.49. The number of hydrogen-bond donors (Lipinski definition) is 1. The molecule has 2 saturated carbocycles. The standard InChI is InChI=1S/C14H27NO2/c1-3-15-13-8-5-9-14(13)17-12-7-4-6-11(10-12)16-2/h11-15H,3-10H2,1-2H3. The Morgan fingerprint density at radius 2 is 1.82 bits per heavy atom. The van der Waals surface area contributed by atoms with Crippen LogP contribution in [0.2, 0.25) is 0 Å². The minimum Gasteiger partial charge on any atom is -0.381 e. The van der Waals surface area contributed by atoms with Gasteiger partial charge in [0.05, 0.1) is 18.3 Å². The van der Waals surface area contributed by atoms with Crippen LogP contribution in [-0.4, -0.2) is 38.0 Å². The first-order valence-corrected chi connectivity index (χ1v) is 7.25. The first-order chi connectivity index (χ1) is 8.33. The van der Waals surface area contributed by atoms with Gasteiger partial charge in [0, 0.05) is 13.2 Å². The molecule has 0 heterocycles. The third kappa shape index (κ3) is 3.67. The van der Waals surface area contributed by atoms with Crippen LogP contribution in [0.3, 0.4) is 0 Å². The van der Waals surface area contributed by atoms with Crippen LogP contribution in [-0.2, 0) is 9.47 Å². The lowest BCUT2D eigenvalue weighted by Gasteiger charge is -2.32. The molecule has 4 atom stereocenters. The van der Waals surface area contributed by atoms with Crippen LogP contribution in [0.5, 0.6) is 0 Å². The topological polar surface area (TPSA) is 30.5 Å². The number of hydrogen-bond acceptors (Lipinski definition) is 3. The van der Waals surface area contributed by atoms with E-state index in [9.17, 15) is 0 Å². The molecule has 1 N–H and O–H groups in total. The van der Waals surface area contributed by atoms with Gasteiger partial charge in [-0.25, -0.2) is 0 Å². The monoisotopic (exact) mass is 241 g/mol. The van der Waals surface area contributed by atoms with Gasteiger partial charge in [-0.1, -0.05) is 6.92 Å². The molecule has 17 heavy (non-hydrogen) atoms. The van der Waals surface area contributed by atoms with Gasteiger partial charge in [-0.2, -0.15) is 0 Å². The molecule has 0 amide bonds. The minimum atomic E-state index is 0.424. The van der Waals surface area contributed by atoms with Gasteiger partial charge in [-0.05, 0) is 51.5 Å². The summed E-state index contributed by atoms with van der Waals surface area (Å²) < 4.78 is 11.8. The lowest BCUT2D eigenvalue weighted by atomic mass is 9.94. The zero-order chi connectivity index (χ0) is 12.1. The Labute approximate surface area is 105 Å². The van der Waals surface area contributed by atoms with Gasteiger partial charge in [-0.3, -0.25) is 0 Å². The van der Waals surface area contributed by atoms with E-state index in [1.807, 2.05) is 7.11 Å². The van der Waals surface area contributed by atoms with Crippen molar-refractivity contribution in [3.63, 3.8) is 0 Å². The van der Waals surface area contributed by atoms with E-state index < -0.39 is 0 Å². The molecule has 0 radical (unpaired) electrons. The Bertz CT molecular complexity index is 222. The van der Waals surface area contributed by atoms with Crippen molar-refractivity contribution in [2.24, 2.45) is 0 Å². The first kappa shape index (κ1) is 13.3. The second kappa shape index (κ2) is 6.72. The van der Waals surface area contributed by atoms with Gasteiger partial charge in [0.1, 0.15) is 0 Å². The number of nitrogens with one attached hydrogen (secondary N) is 1. The van der Waals surface area contributed by atoms with Crippen LogP contribution >= 0.6 is 0 Å². The molecule has 0 aliphatic heterocycles. The highest BCUT2D eigenvalue weighted by atomic mass is 16.5. The molecule has 0 spiro atoms. The molecule has 0 aromatic carbocycles. The number of ether oxygens (including phenoxy) is 2. The van der Waals surface area contributed by atoms with E-state index in [1.54, 1.807) is 0 Å². The lowest BCUT2D eigenvalue weighted by Crippen LogP contribution is -2.40. The van der Waals surface area contributed by atoms with Crippen molar-refractivity contribution in [3.8, 4) is 0 Å². The van der Waals surface area contributed by atoms with Crippen LogP contribution in [0.15, 0.2) is 0 Å². The summed E-state index contributed by atoms with van der Waals surface area (Å²) in [6.45, 7) is 3.23. The Kier molecular flexibility index (Phi) is 5.26. The smallest absolute Gasteiger partial charge is 0.0731 e. The molecule has 3 nitrogen and oxygen atoms in total. The maximum Gasteiger partial charge on any atom is 0.0731 e. The number of rotatable bonds is 5. The Morgan fingerprint density at radius 1 is 1.06 bits per heavy atom. The molecule has 0 saturated heterocycles. The van der Waals surface area contributed by atoms with Crippen molar-refractivity contribution in [1.82, 2.24) is 5.32 Å². The SMILES string of the molecule is CCNC1CCCC1OC1CCCC(OC)C1.